The van der Waals surface area contributed by atoms with Crippen molar-refractivity contribution in [2.75, 3.05) is 0 Å². The van der Waals surface area contributed by atoms with E-state index in [9.17, 15) is 0 Å². The zero-order chi connectivity index (χ0) is 10.1. The van der Waals surface area contributed by atoms with Crippen molar-refractivity contribution in [3.8, 4) is 0 Å². The van der Waals surface area contributed by atoms with Crippen molar-refractivity contribution in [2.45, 2.75) is 66.7 Å². The molecular formula is C13H26. The van der Waals surface area contributed by atoms with Gasteiger partial charge in [0.05, 0.1) is 0 Å². The molecule has 1 aliphatic carbocycles. The van der Waals surface area contributed by atoms with Crippen molar-refractivity contribution >= 4 is 0 Å². The average molecular weight is 182 g/mol. The van der Waals surface area contributed by atoms with Crippen LogP contribution in [0.25, 0.3) is 0 Å². The molecule has 1 aliphatic rings. The molecule has 0 heteroatoms. The third-order valence-corrected chi connectivity index (χ3v) is 4.57. The molecular weight excluding hydrogens is 156 g/mol. The topological polar surface area (TPSA) is 0 Å². The standard InChI is InChI=1S/C13H26/c1-6-11-12(3,4)9-8-10-13(11,5)7-2/h11H,6-10H2,1-5H3. The van der Waals surface area contributed by atoms with Gasteiger partial charge in [-0.2, -0.15) is 0 Å². The van der Waals surface area contributed by atoms with Crippen molar-refractivity contribution in [2.24, 2.45) is 16.7 Å². The molecule has 0 radical (unpaired) electrons. The van der Waals surface area contributed by atoms with Crippen molar-refractivity contribution in [3.05, 3.63) is 0 Å². The lowest BCUT2D eigenvalue weighted by atomic mass is 9.55. The molecule has 0 bridgehead atoms. The van der Waals surface area contributed by atoms with E-state index < -0.39 is 0 Å². The maximum atomic E-state index is 2.50. The van der Waals surface area contributed by atoms with Gasteiger partial charge in [0.2, 0.25) is 0 Å². The zero-order valence-corrected chi connectivity index (χ0v) is 10.1. The van der Waals surface area contributed by atoms with Crippen LogP contribution in [0.15, 0.2) is 0 Å². The minimum Gasteiger partial charge on any atom is -0.0651 e. The molecule has 1 rings (SSSR count). The molecule has 0 heterocycles. The Bertz CT molecular complexity index is 169. The maximum Gasteiger partial charge on any atom is -0.0295 e. The largest absolute Gasteiger partial charge is 0.0651 e. The molecule has 0 spiro atoms. The summed E-state index contributed by atoms with van der Waals surface area (Å²) >= 11 is 0. The van der Waals surface area contributed by atoms with Gasteiger partial charge < -0.3 is 0 Å². The summed E-state index contributed by atoms with van der Waals surface area (Å²) in [5.41, 5.74) is 1.20. The van der Waals surface area contributed by atoms with Crippen LogP contribution in [-0.4, -0.2) is 0 Å². The molecule has 1 saturated carbocycles. The molecule has 13 heavy (non-hydrogen) atoms. The van der Waals surface area contributed by atoms with E-state index >= 15 is 0 Å². The molecule has 2 atom stereocenters. The first-order chi connectivity index (χ1) is 5.96. The van der Waals surface area contributed by atoms with Crippen molar-refractivity contribution in [1.29, 1.82) is 0 Å². The molecule has 0 amide bonds. The van der Waals surface area contributed by atoms with Crippen LogP contribution < -0.4 is 0 Å². The van der Waals surface area contributed by atoms with Gasteiger partial charge in [0.1, 0.15) is 0 Å². The number of hydrogen-bond acceptors (Lipinski definition) is 0. The van der Waals surface area contributed by atoms with Gasteiger partial charge in [-0.1, -0.05) is 53.9 Å². The average Bonchev–Trinajstić information content (AvgIpc) is 2.03. The minimum atomic E-state index is 0.581. The minimum absolute atomic E-state index is 0.581. The lowest BCUT2D eigenvalue weighted by molar-refractivity contribution is -0.00389. The van der Waals surface area contributed by atoms with Crippen LogP contribution in [0.2, 0.25) is 0 Å². The van der Waals surface area contributed by atoms with E-state index in [1.807, 2.05) is 0 Å². The van der Waals surface area contributed by atoms with Crippen molar-refractivity contribution in [3.63, 3.8) is 0 Å². The smallest absolute Gasteiger partial charge is 0.0295 e. The predicted molar refractivity (Wildman–Crippen MR) is 59.8 cm³/mol. The normalized spacial score (nSPS) is 39.0. The van der Waals surface area contributed by atoms with Gasteiger partial charge in [0, 0.05) is 0 Å². The Morgan fingerprint density at radius 3 is 2.08 bits per heavy atom. The Labute approximate surface area is 84.1 Å². The van der Waals surface area contributed by atoms with E-state index in [4.69, 9.17) is 0 Å². The summed E-state index contributed by atoms with van der Waals surface area (Å²) in [6.45, 7) is 12.2. The fourth-order valence-electron chi connectivity index (χ4n) is 3.71. The second kappa shape index (κ2) is 3.63. The third kappa shape index (κ3) is 1.92. The van der Waals surface area contributed by atoms with Crippen LogP contribution >= 0.6 is 0 Å². The van der Waals surface area contributed by atoms with Crippen LogP contribution in [0.1, 0.15) is 66.7 Å². The second-order valence-electron chi connectivity index (χ2n) is 5.81. The highest BCUT2D eigenvalue weighted by Crippen LogP contribution is 2.53. The zero-order valence-electron chi connectivity index (χ0n) is 10.1. The molecule has 0 aromatic carbocycles. The lowest BCUT2D eigenvalue weighted by Gasteiger charge is -2.50. The van der Waals surface area contributed by atoms with Crippen LogP contribution in [0, 0.1) is 16.7 Å². The molecule has 0 aliphatic heterocycles. The second-order valence-corrected chi connectivity index (χ2v) is 5.81. The third-order valence-electron chi connectivity index (χ3n) is 4.57. The summed E-state index contributed by atoms with van der Waals surface area (Å²) in [7, 11) is 0. The first-order valence-corrected chi connectivity index (χ1v) is 5.96. The van der Waals surface area contributed by atoms with E-state index in [-0.39, 0.29) is 0 Å². The summed E-state index contributed by atoms with van der Waals surface area (Å²) in [4.78, 5) is 0. The summed E-state index contributed by atoms with van der Waals surface area (Å²) in [5, 5.41) is 0. The Morgan fingerprint density at radius 2 is 1.69 bits per heavy atom. The summed E-state index contributed by atoms with van der Waals surface area (Å²) in [6.07, 6.45) is 7.03. The summed E-state index contributed by atoms with van der Waals surface area (Å²) < 4.78 is 0. The van der Waals surface area contributed by atoms with Gasteiger partial charge in [0.25, 0.3) is 0 Å². The first kappa shape index (κ1) is 11.1. The van der Waals surface area contributed by atoms with Gasteiger partial charge in [-0.25, -0.2) is 0 Å². The van der Waals surface area contributed by atoms with Gasteiger partial charge in [0.15, 0.2) is 0 Å². The molecule has 0 saturated heterocycles. The van der Waals surface area contributed by atoms with Crippen LogP contribution in [0.3, 0.4) is 0 Å². The lowest BCUT2D eigenvalue weighted by Crippen LogP contribution is -2.41. The molecule has 1 fully saturated rings. The summed E-state index contributed by atoms with van der Waals surface area (Å²) in [6, 6.07) is 0. The van der Waals surface area contributed by atoms with Crippen LogP contribution in [-0.2, 0) is 0 Å². The van der Waals surface area contributed by atoms with Crippen LogP contribution in [0.4, 0.5) is 0 Å². The quantitative estimate of drug-likeness (QED) is 0.583. The fourth-order valence-corrected chi connectivity index (χ4v) is 3.71. The van der Waals surface area contributed by atoms with Gasteiger partial charge in [-0.05, 0) is 29.6 Å². The first-order valence-electron chi connectivity index (χ1n) is 5.96. The highest BCUT2D eigenvalue weighted by Gasteiger charge is 2.43. The molecule has 78 valence electrons. The Balaban J connectivity index is 2.86. The molecule has 0 nitrogen and oxygen atoms in total. The van der Waals surface area contributed by atoms with Gasteiger partial charge in [-0.15, -0.1) is 0 Å². The Hall–Kier alpha value is 0. The van der Waals surface area contributed by atoms with E-state index in [1.165, 1.54) is 32.1 Å². The predicted octanol–water partition coefficient (Wildman–Crippen LogP) is 4.64. The van der Waals surface area contributed by atoms with Gasteiger partial charge in [-0.3, -0.25) is 0 Å². The van der Waals surface area contributed by atoms with Gasteiger partial charge >= 0.3 is 0 Å². The molecule has 0 N–H and O–H groups in total. The number of hydrogen-bond donors (Lipinski definition) is 0. The highest BCUT2D eigenvalue weighted by molar-refractivity contribution is 4.93. The van der Waals surface area contributed by atoms with E-state index in [1.54, 1.807) is 0 Å². The Kier molecular flexibility index (Phi) is 3.09. The van der Waals surface area contributed by atoms with E-state index in [0.29, 0.717) is 10.8 Å². The van der Waals surface area contributed by atoms with Crippen molar-refractivity contribution < 1.29 is 0 Å². The summed E-state index contributed by atoms with van der Waals surface area (Å²) in [5.74, 6) is 0.929. The Morgan fingerprint density at radius 1 is 1.08 bits per heavy atom. The molecule has 0 aromatic heterocycles. The molecule has 0 aromatic rings. The fraction of sp³-hybridized carbons (Fsp3) is 1.00. The van der Waals surface area contributed by atoms with Crippen molar-refractivity contribution in [1.82, 2.24) is 0 Å². The maximum absolute atomic E-state index is 2.50. The monoisotopic (exact) mass is 182 g/mol. The highest BCUT2D eigenvalue weighted by atomic mass is 14.5. The van der Waals surface area contributed by atoms with E-state index in [0.717, 1.165) is 5.92 Å². The SMILES string of the molecule is CCC1C(C)(C)CCCC1(C)CC. The molecule has 2 unspecified atom stereocenters. The number of rotatable bonds is 2. The van der Waals surface area contributed by atoms with E-state index in [2.05, 4.69) is 34.6 Å². The van der Waals surface area contributed by atoms with Crippen LogP contribution in [0.5, 0.6) is 0 Å².